The highest BCUT2D eigenvalue weighted by Crippen LogP contribution is 2.27. The fourth-order valence-corrected chi connectivity index (χ4v) is 3.30. The summed E-state index contributed by atoms with van der Waals surface area (Å²) < 4.78 is 0. The number of thioether (sulfide) groups is 1. The van der Waals surface area contributed by atoms with Crippen molar-refractivity contribution in [2.45, 2.75) is 78.7 Å². The van der Waals surface area contributed by atoms with Gasteiger partial charge < -0.3 is 5.32 Å². The van der Waals surface area contributed by atoms with Gasteiger partial charge in [-0.25, -0.2) is 0 Å². The van der Waals surface area contributed by atoms with Gasteiger partial charge in [0.15, 0.2) is 5.17 Å². The first-order chi connectivity index (χ1) is 9.04. The molecule has 1 heterocycles. The van der Waals surface area contributed by atoms with Crippen molar-refractivity contribution < 1.29 is 0 Å². The van der Waals surface area contributed by atoms with Crippen LogP contribution in [-0.4, -0.2) is 23.5 Å². The van der Waals surface area contributed by atoms with Gasteiger partial charge in [-0.1, -0.05) is 71.6 Å². The van der Waals surface area contributed by atoms with E-state index in [4.69, 9.17) is 4.99 Å². The second-order valence-electron chi connectivity index (χ2n) is 6.65. The minimum Gasteiger partial charge on any atom is -0.362 e. The first-order valence-corrected chi connectivity index (χ1v) is 8.96. The van der Waals surface area contributed by atoms with Crippen molar-refractivity contribution in [3.63, 3.8) is 0 Å². The van der Waals surface area contributed by atoms with Crippen LogP contribution in [0, 0.1) is 5.41 Å². The van der Waals surface area contributed by atoms with Crippen molar-refractivity contribution in [2.24, 2.45) is 10.4 Å². The van der Waals surface area contributed by atoms with E-state index in [1.165, 1.54) is 55.9 Å². The number of nitrogens with zero attached hydrogens (tertiary/aromatic N) is 1. The van der Waals surface area contributed by atoms with Crippen molar-refractivity contribution in [2.75, 3.05) is 12.3 Å². The number of amidine groups is 1. The third-order valence-corrected chi connectivity index (χ3v) is 4.72. The maximum atomic E-state index is 4.73. The molecule has 1 unspecified atom stereocenters. The molecule has 1 atom stereocenters. The van der Waals surface area contributed by atoms with E-state index >= 15 is 0 Å². The molecule has 1 fully saturated rings. The zero-order valence-corrected chi connectivity index (χ0v) is 14.1. The molecule has 0 bridgehead atoms. The standard InChI is InChI=1S/C16H32N2S/c1-5-6-7-8-9-10-12-17-15-18-14(11-13-19-15)16(2,3)4/h14H,5-13H2,1-4H3,(H,17,18). The Balaban J connectivity index is 2.18. The summed E-state index contributed by atoms with van der Waals surface area (Å²) >= 11 is 1.89. The number of hydrogen-bond donors (Lipinski definition) is 1. The molecular formula is C16H32N2S. The first kappa shape index (κ1) is 16.9. The molecule has 0 aromatic carbocycles. The lowest BCUT2D eigenvalue weighted by atomic mass is 9.85. The second kappa shape index (κ2) is 8.89. The van der Waals surface area contributed by atoms with E-state index in [0.29, 0.717) is 11.5 Å². The van der Waals surface area contributed by atoms with Gasteiger partial charge in [0, 0.05) is 18.3 Å². The third kappa shape index (κ3) is 7.24. The number of nitrogens with one attached hydrogen (secondary N) is 1. The number of aliphatic imine (C=N–C) groups is 1. The lowest BCUT2D eigenvalue weighted by Gasteiger charge is -2.35. The molecular weight excluding hydrogens is 252 g/mol. The van der Waals surface area contributed by atoms with Gasteiger partial charge >= 0.3 is 0 Å². The van der Waals surface area contributed by atoms with Crippen LogP contribution in [-0.2, 0) is 0 Å². The average Bonchev–Trinajstić information content (AvgIpc) is 2.37. The number of hydrogen-bond acceptors (Lipinski definition) is 2. The van der Waals surface area contributed by atoms with Gasteiger partial charge in [0.1, 0.15) is 0 Å². The van der Waals surface area contributed by atoms with Crippen LogP contribution in [0.4, 0.5) is 0 Å². The second-order valence-corrected chi connectivity index (χ2v) is 7.74. The fraction of sp³-hybridized carbons (Fsp3) is 0.938. The summed E-state index contributed by atoms with van der Waals surface area (Å²) in [6.45, 7) is 10.2. The summed E-state index contributed by atoms with van der Waals surface area (Å²) in [6.07, 6.45) is 9.33. The third-order valence-electron chi connectivity index (χ3n) is 3.76. The molecule has 0 saturated carbocycles. The summed E-state index contributed by atoms with van der Waals surface area (Å²) in [5.74, 6) is 1.21. The molecule has 1 saturated heterocycles. The summed E-state index contributed by atoms with van der Waals surface area (Å²) in [7, 11) is 0. The quantitative estimate of drug-likeness (QED) is 0.676. The van der Waals surface area contributed by atoms with Gasteiger partial charge in [0.05, 0.1) is 0 Å². The molecule has 0 amide bonds. The molecule has 1 rings (SSSR count). The highest BCUT2D eigenvalue weighted by atomic mass is 32.2. The summed E-state index contributed by atoms with van der Waals surface area (Å²) in [4.78, 5) is 4.73. The van der Waals surface area contributed by atoms with Gasteiger partial charge in [-0.05, 0) is 18.3 Å². The summed E-state index contributed by atoms with van der Waals surface area (Å²) in [5, 5.41) is 4.80. The SMILES string of the molecule is CCCCCCCCN=C1NC(C(C)(C)C)CCS1. The molecule has 2 nitrogen and oxygen atoms in total. The highest BCUT2D eigenvalue weighted by Gasteiger charge is 2.28. The van der Waals surface area contributed by atoms with Crippen LogP contribution < -0.4 is 5.32 Å². The predicted molar refractivity (Wildman–Crippen MR) is 89.1 cm³/mol. The predicted octanol–water partition coefficient (Wildman–Crippen LogP) is 4.84. The first-order valence-electron chi connectivity index (χ1n) is 7.98. The van der Waals surface area contributed by atoms with Crippen LogP contribution >= 0.6 is 11.8 Å². The Morgan fingerprint density at radius 3 is 2.53 bits per heavy atom. The number of unbranched alkanes of at least 4 members (excludes halogenated alkanes) is 5. The molecule has 1 aliphatic rings. The largest absolute Gasteiger partial charge is 0.362 e. The van der Waals surface area contributed by atoms with E-state index in [1.807, 2.05) is 11.8 Å². The Morgan fingerprint density at radius 1 is 1.16 bits per heavy atom. The maximum Gasteiger partial charge on any atom is 0.156 e. The van der Waals surface area contributed by atoms with Gasteiger partial charge in [0.2, 0.25) is 0 Å². The van der Waals surface area contributed by atoms with Gasteiger partial charge in [-0.15, -0.1) is 0 Å². The monoisotopic (exact) mass is 284 g/mol. The minimum absolute atomic E-state index is 0.335. The van der Waals surface area contributed by atoms with Crippen molar-refractivity contribution in [1.29, 1.82) is 0 Å². The van der Waals surface area contributed by atoms with Crippen LogP contribution in [0.3, 0.4) is 0 Å². The van der Waals surface area contributed by atoms with Gasteiger partial charge in [0.25, 0.3) is 0 Å². The van der Waals surface area contributed by atoms with Crippen molar-refractivity contribution in [3.05, 3.63) is 0 Å². The lowest BCUT2D eigenvalue weighted by molar-refractivity contribution is 0.290. The van der Waals surface area contributed by atoms with E-state index in [0.717, 1.165) is 6.54 Å². The summed E-state index contributed by atoms with van der Waals surface area (Å²) in [6, 6.07) is 0.581. The Bertz CT molecular complexity index is 268. The van der Waals surface area contributed by atoms with Crippen LogP contribution in [0.1, 0.15) is 72.6 Å². The average molecular weight is 285 g/mol. The smallest absolute Gasteiger partial charge is 0.156 e. The maximum absolute atomic E-state index is 4.73. The zero-order valence-electron chi connectivity index (χ0n) is 13.3. The van der Waals surface area contributed by atoms with E-state index in [9.17, 15) is 0 Å². The minimum atomic E-state index is 0.335. The van der Waals surface area contributed by atoms with Crippen LogP contribution in [0.5, 0.6) is 0 Å². The van der Waals surface area contributed by atoms with Crippen molar-refractivity contribution in [1.82, 2.24) is 5.32 Å². The Labute approximate surface area is 124 Å². The van der Waals surface area contributed by atoms with Crippen molar-refractivity contribution in [3.8, 4) is 0 Å². The molecule has 0 spiro atoms. The van der Waals surface area contributed by atoms with E-state index in [-0.39, 0.29) is 0 Å². The molecule has 3 heteroatoms. The lowest BCUT2D eigenvalue weighted by Crippen LogP contribution is -2.46. The van der Waals surface area contributed by atoms with Gasteiger partial charge in [-0.2, -0.15) is 0 Å². The molecule has 1 N–H and O–H groups in total. The summed E-state index contributed by atoms with van der Waals surface area (Å²) in [5.41, 5.74) is 0.335. The molecule has 19 heavy (non-hydrogen) atoms. The Morgan fingerprint density at radius 2 is 1.84 bits per heavy atom. The molecule has 0 radical (unpaired) electrons. The van der Waals surface area contributed by atoms with Gasteiger partial charge in [-0.3, -0.25) is 4.99 Å². The Kier molecular flexibility index (Phi) is 7.89. The van der Waals surface area contributed by atoms with Crippen LogP contribution in [0.25, 0.3) is 0 Å². The highest BCUT2D eigenvalue weighted by molar-refractivity contribution is 8.13. The normalized spacial score (nSPS) is 22.5. The van der Waals surface area contributed by atoms with E-state index in [1.54, 1.807) is 0 Å². The Hall–Kier alpha value is -0.180. The van der Waals surface area contributed by atoms with Crippen molar-refractivity contribution >= 4 is 16.9 Å². The molecule has 0 aliphatic carbocycles. The van der Waals surface area contributed by atoms with E-state index in [2.05, 4.69) is 33.0 Å². The van der Waals surface area contributed by atoms with E-state index < -0.39 is 0 Å². The molecule has 0 aromatic heterocycles. The molecule has 1 aliphatic heterocycles. The van der Waals surface area contributed by atoms with Crippen LogP contribution in [0.15, 0.2) is 4.99 Å². The fourth-order valence-electron chi connectivity index (χ4n) is 2.35. The number of rotatable bonds is 7. The zero-order chi connectivity index (χ0) is 14.1. The molecule has 0 aromatic rings. The molecule has 112 valence electrons. The topological polar surface area (TPSA) is 24.4 Å². The van der Waals surface area contributed by atoms with Crippen LogP contribution in [0.2, 0.25) is 0 Å².